The number of sulfonamides is 1. The van der Waals surface area contributed by atoms with E-state index in [-0.39, 0.29) is 40.5 Å². The number of nitrogens with zero attached hydrogens (tertiary/aromatic N) is 3. The largest absolute Gasteiger partial charge is 0.485 e. The van der Waals surface area contributed by atoms with E-state index in [2.05, 4.69) is 10.3 Å². The molecule has 1 amide bonds. The van der Waals surface area contributed by atoms with Crippen molar-refractivity contribution in [3.05, 3.63) is 92.9 Å². The van der Waals surface area contributed by atoms with Crippen molar-refractivity contribution in [2.45, 2.75) is 50.8 Å². The van der Waals surface area contributed by atoms with Crippen LogP contribution in [-0.4, -0.2) is 46.4 Å². The van der Waals surface area contributed by atoms with Gasteiger partial charge in [-0.15, -0.1) is 0 Å². The van der Waals surface area contributed by atoms with Crippen LogP contribution < -0.4 is 15.8 Å². The average molecular weight is 630 g/mol. The van der Waals surface area contributed by atoms with Gasteiger partial charge in [-0.05, 0) is 56.5 Å². The molecule has 4 N–H and O–H groups in total. The van der Waals surface area contributed by atoms with E-state index in [9.17, 15) is 13.2 Å². The molecule has 0 unspecified atom stereocenters. The highest BCUT2D eigenvalue weighted by atomic mass is 35.5. The highest BCUT2D eigenvalue weighted by Crippen LogP contribution is 2.36. The number of fused-ring (bicyclic) bond motifs is 1. The van der Waals surface area contributed by atoms with Crippen LogP contribution in [-0.2, 0) is 28.0 Å². The van der Waals surface area contributed by atoms with Crippen LogP contribution in [0.15, 0.2) is 59.6 Å². The Bertz CT molecular complexity index is 1790. The Labute approximate surface area is 254 Å². The van der Waals surface area contributed by atoms with Crippen molar-refractivity contribution in [3.8, 4) is 5.75 Å². The van der Waals surface area contributed by atoms with Gasteiger partial charge < -0.3 is 20.2 Å². The Kier molecular flexibility index (Phi) is 8.47. The Morgan fingerprint density at radius 2 is 1.90 bits per heavy atom. The molecule has 10 nitrogen and oxygen atoms in total. The van der Waals surface area contributed by atoms with Gasteiger partial charge in [0.15, 0.2) is 11.4 Å². The summed E-state index contributed by atoms with van der Waals surface area (Å²) in [4.78, 5) is 17.6. The van der Waals surface area contributed by atoms with Crippen molar-refractivity contribution in [1.29, 1.82) is 5.41 Å². The number of ether oxygens (including phenoxy) is 1. The number of hydrogen-bond acceptors (Lipinski definition) is 6. The summed E-state index contributed by atoms with van der Waals surface area (Å²) in [6.07, 6.45) is 2.79. The summed E-state index contributed by atoms with van der Waals surface area (Å²) in [7, 11) is -4.15. The Morgan fingerprint density at radius 1 is 1.17 bits per heavy atom. The Hall–Kier alpha value is -3.64. The van der Waals surface area contributed by atoms with E-state index in [1.54, 1.807) is 30.3 Å². The number of nitrogens with one attached hydrogen (secondary N) is 2. The summed E-state index contributed by atoms with van der Waals surface area (Å²) in [6.45, 7) is 4.16. The smallest absolute Gasteiger partial charge is 0.245 e. The predicted molar refractivity (Wildman–Crippen MR) is 162 cm³/mol. The van der Waals surface area contributed by atoms with Crippen LogP contribution in [0.2, 0.25) is 10.0 Å². The lowest BCUT2D eigenvalue weighted by atomic mass is 10.1. The van der Waals surface area contributed by atoms with Crippen LogP contribution in [0.25, 0.3) is 5.65 Å². The highest BCUT2D eigenvalue weighted by Gasteiger charge is 2.40. The second-order valence-corrected chi connectivity index (χ2v) is 12.7. The first-order valence-corrected chi connectivity index (χ1v) is 15.5. The molecule has 13 heteroatoms. The van der Waals surface area contributed by atoms with Crippen LogP contribution in [0.1, 0.15) is 40.9 Å². The number of carbonyl (C=O) groups excluding carboxylic acids is 1. The molecule has 2 aromatic heterocycles. The lowest BCUT2D eigenvalue weighted by Gasteiger charge is -2.24. The Morgan fingerprint density at radius 3 is 2.62 bits per heavy atom. The third kappa shape index (κ3) is 5.69. The zero-order valence-electron chi connectivity index (χ0n) is 23.0. The number of carbonyl (C=O) groups is 1. The molecule has 0 aliphatic carbocycles. The van der Waals surface area contributed by atoms with E-state index >= 15 is 0 Å². The van der Waals surface area contributed by atoms with Crippen LogP contribution >= 0.6 is 23.2 Å². The molecular weight excluding hydrogens is 599 g/mol. The first kappa shape index (κ1) is 29.8. The number of halogens is 2. The molecule has 3 heterocycles. The standard InChI is InChI=1S/C29H30Cl2N6O4S/c1-17-18(2)36-13-4-6-24(28(36)35-17)41-16-21-22(30)11-12-25(26(21)31)42(39,40)37-14-3-5-23(37)29(38)34-15-19-7-9-20(10-8-19)27(32)33/h4,6-13,23H,3,5,14-16H2,1-2H3,(H3,32,33)(H,34,38)/t23-/m0/s1. The maximum atomic E-state index is 13.8. The van der Waals surface area contributed by atoms with E-state index in [4.69, 9.17) is 39.1 Å². The molecular formula is C29H30Cl2N6O4S. The molecule has 2 aromatic carbocycles. The van der Waals surface area contributed by atoms with Crippen LogP contribution in [0.5, 0.6) is 5.75 Å². The number of aryl methyl sites for hydroxylation is 2. The van der Waals surface area contributed by atoms with Gasteiger partial charge in [0.25, 0.3) is 0 Å². The first-order valence-electron chi connectivity index (χ1n) is 13.3. The minimum atomic E-state index is -4.15. The maximum Gasteiger partial charge on any atom is 0.245 e. The zero-order chi connectivity index (χ0) is 30.2. The summed E-state index contributed by atoms with van der Waals surface area (Å²) in [5, 5.41) is 10.5. The van der Waals surface area contributed by atoms with Gasteiger partial charge in [-0.1, -0.05) is 47.5 Å². The topological polar surface area (TPSA) is 143 Å². The van der Waals surface area contributed by atoms with Gasteiger partial charge in [-0.2, -0.15) is 4.31 Å². The van der Waals surface area contributed by atoms with Crippen molar-refractivity contribution in [3.63, 3.8) is 0 Å². The summed E-state index contributed by atoms with van der Waals surface area (Å²) >= 11 is 13.1. The fourth-order valence-electron chi connectivity index (χ4n) is 4.97. The van der Waals surface area contributed by atoms with Gasteiger partial charge in [0.2, 0.25) is 15.9 Å². The third-order valence-electron chi connectivity index (χ3n) is 7.44. The summed E-state index contributed by atoms with van der Waals surface area (Å²) in [5.41, 5.74) is 9.66. The quantitative estimate of drug-likeness (QED) is 0.183. The number of amidine groups is 1. The fraction of sp³-hybridized carbons (Fsp3) is 0.276. The van der Waals surface area contributed by atoms with Crippen molar-refractivity contribution in [1.82, 2.24) is 19.0 Å². The van der Waals surface area contributed by atoms with Crippen LogP contribution in [0.3, 0.4) is 0 Å². The molecule has 1 atom stereocenters. The number of aromatic nitrogens is 2. The summed E-state index contributed by atoms with van der Waals surface area (Å²) in [5.74, 6) is 0.0496. The van der Waals surface area contributed by atoms with Crippen molar-refractivity contribution in [2.75, 3.05) is 6.54 Å². The third-order valence-corrected chi connectivity index (χ3v) is 10.3. The van der Waals surface area contributed by atoms with Gasteiger partial charge in [0.1, 0.15) is 23.4 Å². The molecule has 0 saturated carbocycles. The molecule has 220 valence electrons. The molecule has 4 aromatic rings. The SMILES string of the molecule is Cc1nc2c(OCc3c(Cl)ccc(S(=O)(=O)N4CCC[C@H]4C(=O)NCc4ccc(C(=N)N)cc4)c3Cl)cccn2c1C. The number of hydrogen-bond donors (Lipinski definition) is 3. The number of benzene rings is 2. The minimum Gasteiger partial charge on any atom is -0.485 e. The summed E-state index contributed by atoms with van der Waals surface area (Å²) < 4.78 is 36.8. The minimum absolute atomic E-state index is 0.0477. The molecule has 0 spiro atoms. The molecule has 1 saturated heterocycles. The molecule has 0 radical (unpaired) electrons. The number of pyridine rings is 1. The number of nitrogens with two attached hydrogens (primary N) is 1. The highest BCUT2D eigenvalue weighted by molar-refractivity contribution is 7.89. The lowest BCUT2D eigenvalue weighted by molar-refractivity contribution is -0.124. The molecule has 1 aliphatic rings. The Balaban J connectivity index is 1.34. The van der Waals surface area contributed by atoms with Crippen molar-refractivity contribution < 1.29 is 17.9 Å². The second-order valence-electron chi connectivity index (χ2n) is 10.1. The van der Waals surface area contributed by atoms with Crippen molar-refractivity contribution in [2.24, 2.45) is 5.73 Å². The van der Waals surface area contributed by atoms with Crippen LogP contribution in [0.4, 0.5) is 0 Å². The first-order chi connectivity index (χ1) is 20.0. The number of rotatable bonds is 9. The number of amides is 1. The molecule has 0 bridgehead atoms. The van der Waals surface area contributed by atoms with Gasteiger partial charge in [0.05, 0.1) is 10.7 Å². The van der Waals surface area contributed by atoms with E-state index < -0.39 is 22.0 Å². The fourth-order valence-corrected chi connectivity index (χ4v) is 7.49. The molecule has 5 rings (SSSR count). The lowest BCUT2D eigenvalue weighted by Crippen LogP contribution is -2.45. The van der Waals surface area contributed by atoms with Gasteiger partial charge >= 0.3 is 0 Å². The molecule has 1 aliphatic heterocycles. The maximum absolute atomic E-state index is 13.8. The van der Waals surface area contributed by atoms with Crippen molar-refractivity contribution >= 4 is 50.6 Å². The van der Waals surface area contributed by atoms with E-state index in [1.807, 2.05) is 30.5 Å². The molecule has 42 heavy (non-hydrogen) atoms. The predicted octanol–water partition coefficient (Wildman–Crippen LogP) is 4.59. The number of imidazole rings is 1. The summed E-state index contributed by atoms with van der Waals surface area (Å²) in [6, 6.07) is 12.4. The zero-order valence-corrected chi connectivity index (χ0v) is 25.4. The normalized spacial score (nSPS) is 15.7. The van der Waals surface area contributed by atoms with E-state index in [0.717, 1.165) is 17.0 Å². The second kappa shape index (κ2) is 11.9. The van der Waals surface area contributed by atoms with E-state index in [0.29, 0.717) is 35.4 Å². The number of nitrogen functional groups attached to an aromatic ring is 1. The van der Waals surface area contributed by atoms with Gasteiger partial charge in [0, 0.05) is 41.1 Å². The van der Waals surface area contributed by atoms with E-state index in [1.165, 1.54) is 16.4 Å². The van der Waals surface area contributed by atoms with Gasteiger partial charge in [-0.25, -0.2) is 13.4 Å². The van der Waals surface area contributed by atoms with Gasteiger partial charge in [-0.3, -0.25) is 10.2 Å². The molecule has 1 fully saturated rings. The van der Waals surface area contributed by atoms with Crippen LogP contribution in [0, 0.1) is 19.3 Å². The monoisotopic (exact) mass is 628 g/mol. The average Bonchev–Trinajstić information content (AvgIpc) is 3.57.